The maximum absolute atomic E-state index is 14.2. The lowest BCUT2D eigenvalue weighted by molar-refractivity contribution is 0.162. The van der Waals surface area contributed by atoms with Gasteiger partial charge in [-0.15, -0.1) is 5.10 Å². The van der Waals surface area contributed by atoms with E-state index in [1.54, 1.807) is 13.2 Å². The van der Waals surface area contributed by atoms with Gasteiger partial charge in [0.15, 0.2) is 5.82 Å². The van der Waals surface area contributed by atoms with Crippen LogP contribution in [0.15, 0.2) is 48.5 Å². The Morgan fingerprint density at radius 3 is 2.47 bits per heavy atom. The zero-order chi connectivity index (χ0) is 22.3. The molecule has 0 radical (unpaired) electrons. The van der Waals surface area contributed by atoms with E-state index < -0.39 is 0 Å². The average Bonchev–Trinajstić information content (AvgIpc) is 3.28. The molecule has 1 unspecified atom stereocenters. The van der Waals surface area contributed by atoms with Crippen molar-refractivity contribution in [2.45, 2.75) is 38.8 Å². The first kappa shape index (κ1) is 22.2. The summed E-state index contributed by atoms with van der Waals surface area (Å²) < 4.78 is 21.4. The number of hydrogen-bond acceptors (Lipinski definition) is 6. The quantitative estimate of drug-likeness (QED) is 0.505. The molecule has 8 heteroatoms. The summed E-state index contributed by atoms with van der Waals surface area (Å²) in [6, 6.07) is 15.1. The third-order valence-electron chi connectivity index (χ3n) is 6.13. The molecule has 0 saturated carbocycles. The average molecular weight is 439 g/mol. The molecule has 0 amide bonds. The van der Waals surface area contributed by atoms with Crippen LogP contribution >= 0.6 is 0 Å². The normalized spacial score (nSPS) is 15.7. The second kappa shape index (κ2) is 10.5. The number of benzene rings is 2. The fourth-order valence-electron chi connectivity index (χ4n) is 4.32. The third kappa shape index (κ3) is 5.07. The van der Waals surface area contributed by atoms with Crippen molar-refractivity contribution in [1.29, 1.82) is 0 Å². The summed E-state index contributed by atoms with van der Waals surface area (Å²) in [5.74, 6) is 1.57. The van der Waals surface area contributed by atoms with Crippen molar-refractivity contribution < 1.29 is 9.13 Å². The zero-order valence-corrected chi connectivity index (χ0v) is 18.8. The topological polar surface area (TPSA) is 59.3 Å². The number of unbranched alkanes of at least 4 members (excludes halogenated alkanes) is 1. The Morgan fingerprint density at radius 1 is 1.03 bits per heavy atom. The van der Waals surface area contributed by atoms with Crippen molar-refractivity contribution in [3.05, 3.63) is 65.7 Å². The minimum atomic E-state index is -0.160. The predicted molar refractivity (Wildman–Crippen MR) is 122 cm³/mol. The van der Waals surface area contributed by atoms with Crippen LogP contribution in [-0.2, 0) is 6.54 Å². The molecule has 2 heterocycles. The number of para-hydroxylation sites is 1. The van der Waals surface area contributed by atoms with Crippen molar-refractivity contribution in [3.8, 4) is 5.75 Å². The van der Waals surface area contributed by atoms with Gasteiger partial charge in [-0.25, -0.2) is 9.07 Å². The van der Waals surface area contributed by atoms with Crippen molar-refractivity contribution in [2.24, 2.45) is 0 Å². The molecule has 170 valence electrons. The van der Waals surface area contributed by atoms with Gasteiger partial charge in [0.25, 0.3) is 0 Å². The van der Waals surface area contributed by atoms with Gasteiger partial charge in [0.1, 0.15) is 11.6 Å². The summed E-state index contributed by atoms with van der Waals surface area (Å²) in [7, 11) is 1.67. The molecule has 1 aliphatic heterocycles. The Bertz CT molecular complexity index is 984. The van der Waals surface area contributed by atoms with Gasteiger partial charge < -0.3 is 9.64 Å². The van der Waals surface area contributed by atoms with Crippen LogP contribution in [0.2, 0.25) is 0 Å². The van der Waals surface area contributed by atoms with Crippen LogP contribution in [-0.4, -0.2) is 58.4 Å². The lowest BCUT2D eigenvalue weighted by Gasteiger charge is -2.39. The lowest BCUT2D eigenvalue weighted by atomic mass is 10.1. The molecule has 0 bridgehead atoms. The molecule has 1 saturated heterocycles. The standard InChI is InChI=1S/C24H31FN6O/c1-3-4-8-23(30-16-14-29(15-17-30)22-9-6-5-7-21(22)25)24-26-27-28-31(24)18-19-10-12-20(32-2)13-11-19/h5-7,9-13,23H,3-4,8,14-18H2,1-2H3. The van der Waals surface area contributed by atoms with Crippen LogP contribution in [0.5, 0.6) is 5.75 Å². The molecule has 3 aromatic rings. The van der Waals surface area contributed by atoms with Crippen molar-refractivity contribution in [1.82, 2.24) is 25.1 Å². The van der Waals surface area contributed by atoms with E-state index in [0.29, 0.717) is 12.2 Å². The van der Waals surface area contributed by atoms with Gasteiger partial charge >= 0.3 is 0 Å². The number of tetrazole rings is 1. The summed E-state index contributed by atoms with van der Waals surface area (Å²) in [6.45, 7) is 6.07. The van der Waals surface area contributed by atoms with Gasteiger partial charge in [-0.05, 0) is 46.7 Å². The lowest BCUT2D eigenvalue weighted by Crippen LogP contribution is -2.48. The predicted octanol–water partition coefficient (Wildman–Crippen LogP) is 3.92. The molecule has 0 N–H and O–H groups in total. The fourth-order valence-corrected chi connectivity index (χ4v) is 4.32. The first-order valence-electron chi connectivity index (χ1n) is 11.3. The molecule has 32 heavy (non-hydrogen) atoms. The number of piperazine rings is 1. The highest BCUT2D eigenvalue weighted by molar-refractivity contribution is 5.48. The maximum atomic E-state index is 14.2. The molecular formula is C24H31FN6O. The summed E-state index contributed by atoms with van der Waals surface area (Å²) in [6.07, 6.45) is 3.22. The maximum Gasteiger partial charge on any atom is 0.168 e. The number of methoxy groups -OCH3 is 1. The zero-order valence-electron chi connectivity index (χ0n) is 18.8. The molecule has 7 nitrogen and oxygen atoms in total. The van der Waals surface area contributed by atoms with Gasteiger partial charge in [0, 0.05) is 26.2 Å². The number of hydrogen-bond donors (Lipinski definition) is 0. The summed E-state index contributed by atoms with van der Waals surface area (Å²) in [5.41, 5.74) is 1.81. The molecule has 1 atom stereocenters. The van der Waals surface area contributed by atoms with Crippen LogP contribution in [0.4, 0.5) is 10.1 Å². The molecule has 1 fully saturated rings. The molecular weight excluding hydrogens is 407 g/mol. The minimum Gasteiger partial charge on any atom is -0.497 e. The minimum absolute atomic E-state index is 0.144. The number of nitrogens with zero attached hydrogens (tertiary/aromatic N) is 6. The summed E-state index contributed by atoms with van der Waals surface area (Å²) >= 11 is 0. The Kier molecular flexibility index (Phi) is 7.32. The van der Waals surface area contributed by atoms with Gasteiger partial charge in [0.05, 0.1) is 25.4 Å². The fraction of sp³-hybridized carbons (Fsp3) is 0.458. The summed E-state index contributed by atoms with van der Waals surface area (Å²) in [5, 5.41) is 12.7. The van der Waals surface area contributed by atoms with Crippen LogP contribution in [0, 0.1) is 5.82 Å². The van der Waals surface area contributed by atoms with E-state index in [1.165, 1.54) is 6.07 Å². The van der Waals surface area contributed by atoms with E-state index in [4.69, 9.17) is 4.74 Å². The number of rotatable bonds is 9. The number of anilines is 1. The van der Waals surface area contributed by atoms with Crippen LogP contribution in [0.25, 0.3) is 0 Å². The Balaban J connectivity index is 1.48. The van der Waals surface area contributed by atoms with Gasteiger partial charge in [-0.3, -0.25) is 4.90 Å². The summed E-state index contributed by atoms with van der Waals surface area (Å²) in [4.78, 5) is 4.58. The van der Waals surface area contributed by atoms with Crippen LogP contribution in [0.1, 0.15) is 43.6 Å². The molecule has 0 spiro atoms. The number of ether oxygens (including phenoxy) is 1. The molecule has 1 aliphatic rings. The first-order valence-corrected chi connectivity index (χ1v) is 11.3. The highest BCUT2D eigenvalue weighted by Gasteiger charge is 2.29. The first-order chi connectivity index (χ1) is 15.7. The van der Waals surface area contributed by atoms with E-state index >= 15 is 0 Å². The highest BCUT2D eigenvalue weighted by Crippen LogP contribution is 2.28. The van der Waals surface area contributed by atoms with Gasteiger partial charge in [-0.1, -0.05) is 44.0 Å². The monoisotopic (exact) mass is 438 g/mol. The van der Waals surface area contributed by atoms with Gasteiger partial charge in [-0.2, -0.15) is 0 Å². The van der Waals surface area contributed by atoms with E-state index in [1.807, 2.05) is 41.1 Å². The van der Waals surface area contributed by atoms with Gasteiger partial charge in [0.2, 0.25) is 0 Å². The van der Waals surface area contributed by atoms with Crippen molar-refractivity contribution in [2.75, 3.05) is 38.2 Å². The van der Waals surface area contributed by atoms with Crippen LogP contribution < -0.4 is 9.64 Å². The second-order valence-corrected chi connectivity index (χ2v) is 8.18. The van der Waals surface area contributed by atoms with E-state index in [-0.39, 0.29) is 11.9 Å². The van der Waals surface area contributed by atoms with E-state index in [9.17, 15) is 4.39 Å². The highest BCUT2D eigenvalue weighted by atomic mass is 19.1. The smallest absolute Gasteiger partial charge is 0.168 e. The Morgan fingerprint density at radius 2 is 1.78 bits per heavy atom. The SMILES string of the molecule is CCCCC(c1nnnn1Cc1ccc(OC)cc1)N1CCN(c2ccccc2F)CC1. The Hall–Kier alpha value is -3.00. The van der Waals surface area contributed by atoms with Crippen molar-refractivity contribution in [3.63, 3.8) is 0 Å². The van der Waals surface area contributed by atoms with E-state index in [0.717, 1.165) is 62.6 Å². The number of aromatic nitrogens is 4. The third-order valence-corrected chi connectivity index (χ3v) is 6.13. The van der Waals surface area contributed by atoms with Crippen molar-refractivity contribution >= 4 is 5.69 Å². The van der Waals surface area contributed by atoms with E-state index in [2.05, 4.69) is 32.2 Å². The molecule has 4 rings (SSSR count). The Labute approximate surface area is 188 Å². The molecule has 0 aliphatic carbocycles. The number of halogens is 1. The largest absolute Gasteiger partial charge is 0.497 e. The van der Waals surface area contributed by atoms with Crippen LogP contribution in [0.3, 0.4) is 0 Å². The molecule has 1 aromatic heterocycles. The molecule has 2 aromatic carbocycles. The second-order valence-electron chi connectivity index (χ2n) is 8.18.